The van der Waals surface area contributed by atoms with Gasteiger partial charge in [-0.25, -0.2) is 0 Å². The fourth-order valence-corrected chi connectivity index (χ4v) is 2.03. The second-order valence-electron chi connectivity index (χ2n) is 4.68. The molecule has 6 heteroatoms. The lowest BCUT2D eigenvalue weighted by Gasteiger charge is -2.20. The highest BCUT2D eigenvalue weighted by Gasteiger charge is 2.21. The number of hydrogen-bond acceptors (Lipinski definition) is 3. The van der Waals surface area contributed by atoms with Crippen LogP contribution in [0.15, 0.2) is 0 Å². The van der Waals surface area contributed by atoms with E-state index in [1.807, 2.05) is 0 Å². The Balaban J connectivity index is 2.25. The van der Waals surface area contributed by atoms with Crippen LogP contribution in [-0.2, 0) is 14.4 Å². The van der Waals surface area contributed by atoms with Crippen molar-refractivity contribution in [2.75, 3.05) is 6.54 Å². The Hall–Kier alpha value is -1.59. The molecule has 102 valence electrons. The molecule has 1 fully saturated rings. The molecule has 0 bridgehead atoms. The average Bonchev–Trinajstić information content (AvgIpc) is 2.36. The van der Waals surface area contributed by atoms with Gasteiger partial charge in [-0.2, -0.15) is 0 Å². The fourth-order valence-electron chi connectivity index (χ4n) is 2.03. The second kappa shape index (κ2) is 6.98. The molecule has 3 N–H and O–H groups in total. The van der Waals surface area contributed by atoms with E-state index in [1.165, 1.54) is 13.3 Å². The molecule has 0 aromatic heterocycles. The Bertz CT molecular complexity index is 324. The summed E-state index contributed by atoms with van der Waals surface area (Å²) >= 11 is 0. The second-order valence-corrected chi connectivity index (χ2v) is 4.68. The molecule has 2 amide bonds. The summed E-state index contributed by atoms with van der Waals surface area (Å²) in [6.45, 7) is 1.22. The van der Waals surface area contributed by atoms with Gasteiger partial charge in [0.1, 0.15) is 6.04 Å². The van der Waals surface area contributed by atoms with Crippen molar-refractivity contribution in [2.45, 2.75) is 45.1 Å². The number of carbonyl (C=O) groups is 3. The number of hydrogen-bond donors (Lipinski definition) is 3. The summed E-state index contributed by atoms with van der Waals surface area (Å²) in [5.41, 5.74) is 0. The molecular weight excluding hydrogens is 236 g/mol. The summed E-state index contributed by atoms with van der Waals surface area (Å²) in [5, 5.41) is 13.4. The van der Waals surface area contributed by atoms with Gasteiger partial charge in [-0.15, -0.1) is 0 Å². The lowest BCUT2D eigenvalue weighted by atomic mass is 9.89. The van der Waals surface area contributed by atoms with Gasteiger partial charge in [-0.1, -0.05) is 19.3 Å². The van der Waals surface area contributed by atoms with Crippen LogP contribution in [0.1, 0.15) is 39.0 Å². The minimum Gasteiger partial charge on any atom is -0.480 e. The summed E-state index contributed by atoms with van der Waals surface area (Å²) in [4.78, 5) is 33.6. The van der Waals surface area contributed by atoms with Crippen molar-refractivity contribution >= 4 is 17.8 Å². The lowest BCUT2D eigenvalue weighted by Crippen LogP contribution is -2.45. The molecule has 18 heavy (non-hydrogen) atoms. The van der Waals surface area contributed by atoms with E-state index in [2.05, 4.69) is 10.6 Å². The van der Waals surface area contributed by atoms with E-state index in [9.17, 15) is 14.4 Å². The highest BCUT2D eigenvalue weighted by Crippen LogP contribution is 2.23. The molecule has 0 spiro atoms. The first kappa shape index (κ1) is 14.5. The molecule has 1 atom stereocenters. The van der Waals surface area contributed by atoms with Crippen LogP contribution in [0.5, 0.6) is 0 Å². The third-order valence-corrected chi connectivity index (χ3v) is 3.15. The van der Waals surface area contributed by atoms with Gasteiger partial charge in [0.2, 0.25) is 11.8 Å². The zero-order chi connectivity index (χ0) is 13.5. The Labute approximate surface area is 106 Å². The first-order valence-corrected chi connectivity index (χ1v) is 6.30. The predicted molar refractivity (Wildman–Crippen MR) is 64.8 cm³/mol. The summed E-state index contributed by atoms with van der Waals surface area (Å²) in [6, 6.07) is -0.941. The number of carbonyl (C=O) groups excluding carboxylic acids is 2. The minimum atomic E-state index is -1.10. The molecule has 0 radical (unpaired) electrons. The van der Waals surface area contributed by atoms with Crippen molar-refractivity contribution in [1.82, 2.24) is 10.6 Å². The van der Waals surface area contributed by atoms with Crippen LogP contribution in [0, 0.1) is 5.92 Å². The highest BCUT2D eigenvalue weighted by atomic mass is 16.4. The summed E-state index contributed by atoms with van der Waals surface area (Å²) < 4.78 is 0. The number of amides is 2. The lowest BCUT2D eigenvalue weighted by molar-refractivity contribution is -0.141. The van der Waals surface area contributed by atoms with Gasteiger partial charge in [-0.05, 0) is 19.8 Å². The number of aliphatic carboxylic acids is 1. The third-order valence-electron chi connectivity index (χ3n) is 3.15. The van der Waals surface area contributed by atoms with Gasteiger partial charge < -0.3 is 15.7 Å². The van der Waals surface area contributed by atoms with Crippen molar-refractivity contribution in [1.29, 1.82) is 0 Å². The standard InChI is InChI=1S/C12H20N2O4/c1-8(12(17)18)14-10(15)7-13-11(16)9-5-3-2-4-6-9/h8-9H,2-7H2,1H3,(H,13,16)(H,14,15)(H,17,18)/t8-/m1/s1. The molecule has 0 aromatic rings. The first-order chi connectivity index (χ1) is 8.50. The average molecular weight is 256 g/mol. The van der Waals surface area contributed by atoms with Crippen molar-refractivity contribution in [3.8, 4) is 0 Å². The van der Waals surface area contributed by atoms with Crippen molar-refractivity contribution in [3.63, 3.8) is 0 Å². The van der Waals surface area contributed by atoms with Gasteiger partial charge in [0, 0.05) is 5.92 Å². The van der Waals surface area contributed by atoms with Crippen molar-refractivity contribution in [2.24, 2.45) is 5.92 Å². The molecule has 0 heterocycles. The number of nitrogens with one attached hydrogen (secondary N) is 2. The van der Waals surface area contributed by atoms with Crippen LogP contribution in [0.4, 0.5) is 0 Å². The minimum absolute atomic E-state index is 0.00319. The normalized spacial score (nSPS) is 17.8. The summed E-state index contributed by atoms with van der Waals surface area (Å²) in [5.74, 6) is -1.67. The van der Waals surface area contributed by atoms with Gasteiger partial charge in [0.05, 0.1) is 6.54 Å². The number of rotatable bonds is 5. The predicted octanol–water partition coefficient (Wildman–Crippen LogP) is 0.272. The van der Waals surface area contributed by atoms with Gasteiger partial charge >= 0.3 is 5.97 Å². The SMILES string of the molecule is C[C@@H](NC(=O)CNC(=O)C1CCCCC1)C(=O)O. The Morgan fingerprint density at radius 3 is 2.39 bits per heavy atom. The molecule has 1 saturated carbocycles. The van der Waals surface area contributed by atoms with E-state index in [0.717, 1.165) is 25.7 Å². The van der Waals surface area contributed by atoms with Crippen LogP contribution in [0.2, 0.25) is 0 Å². The maximum atomic E-state index is 11.7. The molecular formula is C12H20N2O4. The maximum absolute atomic E-state index is 11.7. The summed E-state index contributed by atoms with van der Waals surface area (Å²) in [6.07, 6.45) is 5.03. The Morgan fingerprint density at radius 1 is 1.22 bits per heavy atom. The van der Waals surface area contributed by atoms with E-state index in [0.29, 0.717) is 0 Å². The van der Waals surface area contributed by atoms with E-state index < -0.39 is 17.9 Å². The third kappa shape index (κ3) is 4.73. The molecule has 0 aromatic carbocycles. The van der Waals surface area contributed by atoms with Crippen LogP contribution >= 0.6 is 0 Å². The smallest absolute Gasteiger partial charge is 0.325 e. The van der Waals surface area contributed by atoms with Crippen LogP contribution in [0.3, 0.4) is 0 Å². The molecule has 0 saturated heterocycles. The summed E-state index contributed by atoms with van der Waals surface area (Å²) in [7, 11) is 0. The van der Waals surface area contributed by atoms with Crippen molar-refractivity contribution < 1.29 is 19.5 Å². The number of carboxylic acid groups (broad SMARTS) is 1. The van der Waals surface area contributed by atoms with E-state index in [-0.39, 0.29) is 18.4 Å². The van der Waals surface area contributed by atoms with Gasteiger partial charge in [0.15, 0.2) is 0 Å². The van der Waals surface area contributed by atoms with Crippen molar-refractivity contribution in [3.05, 3.63) is 0 Å². The van der Waals surface area contributed by atoms with Crippen LogP contribution in [-0.4, -0.2) is 35.5 Å². The zero-order valence-electron chi connectivity index (χ0n) is 10.6. The molecule has 1 aliphatic carbocycles. The highest BCUT2D eigenvalue weighted by molar-refractivity contribution is 5.88. The van der Waals surface area contributed by atoms with Gasteiger partial charge in [0.25, 0.3) is 0 Å². The first-order valence-electron chi connectivity index (χ1n) is 6.30. The molecule has 0 unspecified atom stereocenters. The molecule has 1 aliphatic rings. The van der Waals surface area contributed by atoms with Crippen LogP contribution < -0.4 is 10.6 Å². The topological polar surface area (TPSA) is 95.5 Å². The van der Waals surface area contributed by atoms with Gasteiger partial charge in [-0.3, -0.25) is 14.4 Å². The zero-order valence-corrected chi connectivity index (χ0v) is 10.6. The van der Waals surface area contributed by atoms with E-state index >= 15 is 0 Å². The fraction of sp³-hybridized carbons (Fsp3) is 0.750. The maximum Gasteiger partial charge on any atom is 0.325 e. The largest absolute Gasteiger partial charge is 0.480 e. The van der Waals surface area contributed by atoms with Crippen LogP contribution in [0.25, 0.3) is 0 Å². The monoisotopic (exact) mass is 256 g/mol. The van der Waals surface area contributed by atoms with E-state index in [4.69, 9.17) is 5.11 Å². The molecule has 6 nitrogen and oxygen atoms in total. The molecule has 0 aliphatic heterocycles. The Kier molecular flexibility index (Phi) is 5.61. The number of carboxylic acids is 1. The van der Waals surface area contributed by atoms with E-state index in [1.54, 1.807) is 0 Å². The quantitative estimate of drug-likeness (QED) is 0.658. The Morgan fingerprint density at radius 2 is 1.83 bits per heavy atom. The molecule has 1 rings (SSSR count).